The summed E-state index contributed by atoms with van der Waals surface area (Å²) < 4.78 is 0. The van der Waals surface area contributed by atoms with Crippen LogP contribution in [0.25, 0.3) is 0 Å². The van der Waals surface area contributed by atoms with E-state index in [-0.39, 0.29) is 0 Å². The lowest BCUT2D eigenvalue weighted by Gasteiger charge is -2.19. The largest absolute Gasteiger partial charge is 0.398 e. The van der Waals surface area contributed by atoms with Gasteiger partial charge in [0.25, 0.3) is 0 Å². The van der Waals surface area contributed by atoms with Crippen molar-refractivity contribution in [1.29, 1.82) is 5.26 Å². The average Bonchev–Trinajstić information content (AvgIpc) is 2.23. The van der Waals surface area contributed by atoms with Gasteiger partial charge in [-0.15, -0.1) is 0 Å². The molecule has 1 rings (SSSR count). The molecule has 3 nitrogen and oxygen atoms in total. The maximum atomic E-state index is 8.68. The summed E-state index contributed by atoms with van der Waals surface area (Å²) in [6.45, 7) is 6.49. The topological polar surface area (TPSA) is 61.8 Å². The summed E-state index contributed by atoms with van der Waals surface area (Å²) in [6, 6.07) is 8.28. The van der Waals surface area contributed by atoms with Crippen molar-refractivity contribution < 1.29 is 0 Å². The van der Waals surface area contributed by atoms with Crippen LogP contribution >= 0.6 is 0 Å². The Morgan fingerprint density at radius 3 is 2.62 bits per heavy atom. The van der Waals surface area contributed by atoms with Crippen LogP contribution in [0, 0.1) is 17.2 Å². The molecule has 3 heteroatoms. The Labute approximate surface area is 97.3 Å². The lowest BCUT2D eigenvalue weighted by Crippen LogP contribution is -2.21. The third-order valence-corrected chi connectivity index (χ3v) is 2.81. The van der Waals surface area contributed by atoms with Crippen molar-refractivity contribution >= 4 is 11.4 Å². The van der Waals surface area contributed by atoms with Gasteiger partial charge in [0.1, 0.15) is 0 Å². The Balaban J connectivity index is 2.83. The number of hydrogen-bond acceptors (Lipinski definition) is 3. The van der Waals surface area contributed by atoms with Crippen molar-refractivity contribution in [3.8, 4) is 6.07 Å². The maximum Gasteiger partial charge on any atom is 0.0670 e. The zero-order valence-corrected chi connectivity index (χ0v) is 10.1. The molecule has 0 aliphatic carbocycles. The Kier molecular flexibility index (Phi) is 4.19. The first-order valence-electron chi connectivity index (χ1n) is 5.56. The molecule has 0 heterocycles. The zero-order valence-electron chi connectivity index (χ0n) is 10.1. The van der Waals surface area contributed by atoms with E-state index in [0.717, 1.165) is 11.3 Å². The molecule has 0 aliphatic rings. The fourth-order valence-corrected chi connectivity index (χ4v) is 1.36. The molecule has 0 radical (unpaired) electrons. The third kappa shape index (κ3) is 3.16. The van der Waals surface area contributed by atoms with Crippen LogP contribution in [0.4, 0.5) is 11.4 Å². The zero-order chi connectivity index (χ0) is 12.1. The van der Waals surface area contributed by atoms with E-state index >= 15 is 0 Å². The van der Waals surface area contributed by atoms with Gasteiger partial charge >= 0.3 is 0 Å². The molecule has 0 fully saturated rings. The fourth-order valence-electron chi connectivity index (χ4n) is 1.36. The first kappa shape index (κ1) is 12.4. The van der Waals surface area contributed by atoms with Gasteiger partial charge in [-0.1, -0.05) is 13.8 Å². The van der Waals surface area contributed by atoms with Crippen LogP contribution in [0.5, 0.6) is 0 Å². The molecular weight excluding hydrogens is 198 g/mol. The van der Waals surface area contributed by atoms with E-state index in [1.54, 1.807) is 0 Å². The molecule has 0 spiro atoms. The van der Waals surface area contributed by atoms with Gasteiger partial charge in [-0.2, -0.15) is 5.26 Å². The van der Waals surface area contributed by atoms with E-state index in [2.05, 4.69) is 32.2 Å². The molecule has 86 valence electrons. The van der Waals surface area contributed by atoms with Crippen LogP contribution in [0.3, 0.4) is 0 Å². The first-order chi connectivity index (χ1) is 7.54. The second kappa shape index (κ2) is 5.41. The smallest absolute Gasteiger partial charge is 0.0670 e. The summed E-state index contributed by atoms with van der Waals surface area (Å²) in [6.07, 6.45) is 0.359. The summed E-state index contributed by atoms with van der Waals surface area (Å²) in [5, 5.41) is 12.1. The van der Waals surface area contributed by atoms with E-state index in [1.807, 2.05) is 18.2 Å². The minimum Gasteiger partial charge on any atom is -0.398 e. The van der Waals surface area contributed by atoms with Crippen LogP contribution in [0.15, 0.2) is 18.2 Å². The summed E-state index contributed by atoms with van der Waals surface area (Å²) in [4.78, 5) is 0. The Bertz CT molecular complexity index is 391. The molecule has 16 heavy (non-hydrogen) atoms. The molecule has 0 saturated carbocycles. The van der Waals surface area contributed by atoms with Gasteiger partial charge < -0.3 is 11.1 Å². The fraction of sp³-hybridized carbons (Fsp3) is 0.462. The molecule has 0 saturated heterocycles. The van der Waals surface area contributed by atoms with Gasteiger partial charge in [-0.05, 0) is 36.6 Å². The minimum absolute atomic E-state index is 0.359. The van der Waals surface area contributed by atoms with Crippen LogP contribution in [-0.4, -0.2) is 6.04 Å². The van der Waals surface area contributed by atoms with Crippen molar-refractivity contribution in [3.05, 3.63) is 23.8 Å². The van der Waals surface area contributed by atoms with Crippen LogP contribution < -0.4 is 11.1 Å². The molecular formula is C13H19N3. The van der Waals surface area contributed by atoms with Gasteiger partial charge in [0.15, 0.2) is 0 Å². The lowest BCUT2D eigenvalue weighted by atomic mass is 10.0. The van der Waals surface area contributed by atoms with Crippen molar-refractivity contribution in [3.63, 3.8) is 0 Å². The number of nitrogen functional groups attached to an aromatic ring is 1. The maximum absolute atomic E-state index is 8.68. The second-order valence-electron chi connectivity index (χ2n) is 4.43. The monoisotopic (exact) mass is 217 g/mol. The van der Waals surface area contributed by atoms with E-state index < -0.39 is 0 Å². The van der Waals surface area contributed by atoms with Crippen LogP contribution in [-0.2, 0) is 6.42 Å². The number of anilines is 2. The third-order valence-electron chi connectivity index (χ3n) is 2.81. The van der Waals surface area contributed by atoms with Crippen LogP contribution in [0.1, 0.15) is 26.3 Å². The summed E-state index contributed by atoms with van der Waals surface area (Å²) in [5.41, 5.74) is 8.39. The van der Waals surface area contributed by atoms with E-state index in [1.165, 1.54) is 0 Å². The van der Waals surface area contributed by atoms with Crippen molar-refractivity contribution in [2.45, 2.75) is 33.2 Å². The normalized spacial score (nSPS) is 12.2. The quantitative estimate of drug-likeness (QED) is 0.762. The van der Waals surface area contributed by atoms with Gasteiger partial charge in [0.2, 0.25) is 0 Å². The van der Waals surface area contributed by atoms with E-state index in [4.69, 9.17) is 11.0 Å². The van der Waals surface area contributed by atoms with Gasteiger partial charge in [0, 0.05) is 17.4 Å². The summed E-state index contributed by atoms with van der Waals surface area (Å²) >= 11 is 0. The van der Waals surface area contributed by atoms with E-state index in [0.29, 0.717) is 24.1 Å². The second-order valence-corrected chi connectivity index (χ2v) is 4.43. The number of nitrogens with zero attached hydrogens (tertiary/aromatic N) is 1. The van der Waals surface area contributed by atoms with E-state index in [9.17, 15) is 0 Å². The Hall–Kier alpha value is -1.69. The number of hydrogen-bond donors (Lipinski definition) is 2. The first-order valence-corrected chi connectivity index (χ1v) is 5.56. The molecule has 0 amide bonds. The minimum atomic E-state index is 0.359. The number of nitriles is 1. The number of benzene rings is 1. The Morgan fingerprint density at radius 1 is 1.38 bits per heavy atom. The molecule has 1 aromatic carbocycles. The highest BCUT2D eigenvalue weighted by Gasteiger charge is 2.07. The summed E-state index contributed by atoms with van der Waals surface area (Å²) in [7, 11) is 0. The predicted octanol–water partition coefficient (Wildman–Crippen LogP) is 2.79. The van der Waals surface area contributed by atoms with Gasteiger partial charge in [0.05, 0.1) is 12.5 Å². The highest BCUT2D eigenvalue weighted by atomic mass is 14.9. The highest BCUT2D eigenvalue weighted by molar-refractivity contribution is 5.58. The SMILES string of the molecule is CC(C)C(C)Nc1ccc(N)c(CC#N)c1. The molecule has 3 N–H and O–H groups in total. The van der Waals surface area contributed by atoms with Crippen molar-refractivity contribution in [2.24, 2.45) is 5.92 Å². The molecule has 1 aromatic rings. The van der Waals surface area contributed by atoms with Crippen molar-refractivity contribution in [2.75, 3.05) is 11.1 Å². The molecule has 1 atom stereocenters. The van der Waals surface area contributed by atoms with Gasteiger partial charge in [-0.25, -0.2) is 0 Å². The number of nitrogens with two attached hydrogens (primary N) is 1. The molecule has 0 aromatic heterocycles. The number of nitrogens with one attached hydrogen (secondary N) is 1. The predicted molar refractivity (Wildman–Crippen MR) is 68.1 cm³/mol. The molecule has 1 unspecified atom stereocenters. The summed E-state index contributed by atoms with van der Waals surface area (Å²) in [5.74, 6) is 0.567. The molecule has 0 aliphatic heterocycles. The highest BCUT2D eigenvalue weighted by Crippen LogP contribution is 2.20. The van der Waals surface area contributed by atoms with Crippen LogP contribution in [0.2, 0.25) is 0 Å². The Morgan fingerprint density at radius 2 is 2.06 bits per heavy atom. The lowest BCUT2D eigenvalue weighted by molar-refractivity contribution is 0.560. The molecule has 0 bridgehead atoms. The average molecular weight is 217 g/mol. The number of rotatable bonds is 4. The van der Waals surface area contributed by atoms with Crippen molar-refractivity contribution in [1.82, 2.24) is 0 Å². The van der Waals surface area contributed by atoms with Gasteiger partial charge in [-0.3, -0.25) is 0 Å². The standard InChI is InChI=1S/C13H19N3/c1-9(2)10(3)16-12-4-5-13(15)11(8-12)6-7-14/h4-5,8-10,16H,6,15H2,1-3H3.